The quantitative estimate of drug-likeness (QED) is 0.288. The minimum atomic E-state index is -2.01. The number of methoxy groups -OCH3 is 1. The summed E-state index contributed by atoms with van der Waals surface area (Å²) in [5, 5.41) is 5.89. The van der Waals surface area contributed by atoms with Crippen molar-refractivity contribution in [1.29, 1.82) is 0 Å². The second-order valence-corrected chi connectivity index (χ2v) is 16.1. The van der Waals surface area contributed by atoms with E-state index in [1.54, 1.807) is 11.8 Å². The van der Waals surface area contributed by atoms with Crippen LogP contribution in [-0.4, -0.2) is 37.6 Å². The monoisotopic (exact) mass is 496 g/mol. The van der Waals surface area contributed by atoms with Crippen LogP contribution in [0.2, 0.25) is 18.1 Å². The van der Waals surface area contributed by atoms with Gasteiger partial charge in [-0.05, 0) is 29.8 Å². The zero-order valence-corrected chi connectivity index (χ0v) is 23.5. The van der Waals surface area contributed by atoms with Gasteiger partial charge in [0.1, 0.15) is 24.4 Å². The third-order valence-corrected chi connectivity index (χ3v) is 11.5. The first-order valence-electron chi connectivity index (χ1n) is 12.2. The molecule has 3 rings (SSSR count). The van der Waals surface area contributed by atoms with Gasteiger partial charge in [0.15, 0.2) is 14.1 Å². The van der Waals surface area contributed by atoms with Crippen LogP contribution in [0.5, 0.6) is 5.75 Å². The summed E-state index contributed by atoms with van der Waals surface area (Å²) in [4.78, 5) is 13.2. The number of hydrogen-bond acceptors (Lipinski definition) is 5. The summed E-state index contributed by atoms with van der Waals surface area (Å²) >= 11 is 0. The molecule has 2 aromatic carbocycles. The number of Topliss-reactive ketones (excluding diaryl/α,β-unsaturated/α-hetero) is 1. The lowest BCUT2D eigenvalue weighted by molar-refractivity contribution is -0.130. The lowest BCUT2D eigenvalue weighted by Gasteiger charge is -2.36. The highest BCUT2D eigenvalue weighted by Gasteiger charge is 2.38. The van der Waals surface area contributed by atoms with Gasteiger partial charge >= 0.3 is 0 Å². The molecule has 0 atom stereocenters. The van der Waals surface area contributed by atoms with Crippen molar-refractivity contribution in [2.24, 2.45) is 5.41 Å². The second kappa shape index (κ2) is 10.6. The van der Waals surface area contributed by atoms with Crippen LogP contribution in [0.1, 0.15) is 45.9 Å². The summed E-state index contributed by atoms with van der Waals surface area (Å²) in [7, 11) is -0.394. The van der Waals surface area contributed by atoms with Crippen LogP contribution in [0.15, 0.2) is 48.5 Å². The van der Waals surface area contributed by atoms with E-state index in [0.29, 0.717) is 25.6 Å². The highest BCUT2D eigenvalue weighted by atomic mass is 28.4. The molecule has 1 heterocycles. The number of benzene rings is 2. The van der Waals surface area contributed by atoms with Crippen molar-refractivity contribution in [3.8, 4) is 5.75 Å². The van der Waals surface area contributed by atoms with E-state index in [2.05, 4.69) is 33.9 Å². The maximum Gasteiger partial charge on any atom is 0.192 e. The average Bonchev–Trinajstić information content (AvgIpc) is 3.13. The number of fused-ring (bicyclic) bond motifs is 1. The van der Waals surface area contributed by atoms with E-state index in [1.807, 2.05) is 62.4 Å². The molecule has 35 heavy (non-hydrogen) atoms. The Balaban J connectivity index is 1.98. The Hall–Kier alpha value is -2.48. The van der Waals surface area contributed by atoms with Crippen molar-refractivity contribution in [3.63, 3.8) is 0 Å². The Morgan fingerprint density at radius 3 is 2.29 bits per heavy atom. The molecule has 0 aliphatic carbocycles. The molecule has 7 heteroatoms. The van der Waals surface area contributed by atoms with Crippen molar-refractivity contribution >= 4 is 25.0 Å². The molecule has 0 amide bonds. The highest BCUT2D eigenvalue weighted by Crippen LogP contribution is 2.38. The molecule has 190 valence electrons. The minimum absolute atomic E-state index is 0.0625. The summed E-state index contributed by atoms with van der Waals surface area (Å²) in [5.41, 5.74) is 2.12. The topological polar surface area (TPSA) is 62.6 Å². The van der Waals surface area contributed by atoms with Crippen molar-refractivity contribution < 1.29 is 18.7 Å². The van der Waals surface area contributed by atoms with Crippen molar-refractivity contribution in [2.75, 3.05) is 13.7 Å². The molecule has 6 nitrogen and oxygen atoms in total. The average molecular weight is 497 g/mol. The summed E-state index contributed by atoms with van der Waals surface area (Å²) in [6.45, 7) is 16.3. The first kappa shape index (κ1) is 27.1. The van der Waals surface area contributed by atoms with Crippen molar-refractivity contribution in [1.82, 2.24) is 9.78 Å². The van der Waals surface area contributed by atoms with Crippen LogP contribution in [0.25, 0.3) is 10.9 Å². The van der Waals surface area contributed by atoms with Gasteiger partial charge in [-0.25, -0.2) is 0 Å². The molecule has 0 radical (unpaired) electrons. The number of carbonyl (C=O) groups excluding carboxylic acids is 1. The molecule has 0 aliphatic heterocycles. The molecular formula is C28H40N2O4Si. The fourth-order valence-corrected chi connectivity index (χ4v) is 4.50. The molecule has 0 unspecified atom stereocenters. The fraction of sp³-hybridized carbons (Fsp3) is 0.500. The van der Waals surface area contributed by atoms with Gasteiger partial charge in [0.25, 0.3) is 0 Å². The van der Waals surface area contributed by atoms with E-state index in [-0.39, 0.29) is 17.4 Å². The standard InChI is InChI=1S/C28H40N2O4Si/c1-27(2,3)35(7,8)34-19-23-22-15-12-16-24(33-18-21-13-10-9-11-14-21)26(22)29-30(23)17-25(31)28(4,5)20-32-6/h9-16H,17-20H2,1-8H3. The van der Waals surface area contributed by atoms with E-state index in [9.17, 15) is 4.79 Å². The molecular weight excluding hydrogens is 456 g/mol. The number of rotatable bonds is 11. The predicted octanol–water partition coefficient (Wildman–Crippen LogP) is 6.38. The van der Waals surface area contributed by atoms with E-state index >= 15 is 0 Å². The van der Waals surface area contributed by atoms with Gasteiger partial charge in [0.05, 0.1) is 18.9 Å². The first-order valence-corrected chi connectivity index (χ1v) is 15.1. The Morgan fingerprint density at radius 2 is 1.66 bits per heavy atom. The minimum Gasteiger partial charge on any atom is -0.487 e. The smallest absolute Gasteiger partial charge is 0.192 e. The number of ether oxygens (including phenoxy) is 2. The maximum atomic E-state index is 13.2. The summed E-state index contributed by atoms with van der Waals surface area (Å²) < 4.78 is 19.8. The Morgan fingerprint density at radius 1 is 0.971 bits per heavy atom. The number of carbonyl (C=O) groups is 1. The highest BCUT2D eigenvalue weighted by molar-refractivity contribution is 6.74. The molecule has 3 aromatic rings. The second-order valence-electron chi connectivity index (χ2n) is 11.3. The van der Waals surface area contributed by atoms with Crippen LogP contribution in [-0.2, 0) is 33.7 Å². The van der Waals surface area contributed by atoms with Crippen LogP contribution < -0.4 is 4.74 Å². The lowest BCUT2D eigenvalue weighted by Crippen LogP contribution is -2.40. The lowest BCUT2D eigenvalue weighted by atomic mass is 9.89. The van der Waals surface area contributed by atoms with E-state index in [0.717, 1.165) is 22.2 Å². The third kappa shape index (κ3) is 6.40. The fourth-order valence-electron chi connectivity index (χ4n) is 3.57. The molecule has 0 spiro atoms. The molecule has 0 N–H and O–H groups in total. The Bertz CT molecular complexity index is 1150. The third-order valence-electron chi connectivity index (χ3n) is 7.01. The number of ketones is 1. The van der Waals surface area contributed by atoms with Crippen LogP contribution in [0, 0.1) is 5.41 Å². The zero-order valence-electron chi connectivity index (χ0n) is 22.5. The van der Waals surface area contributed by atoms with E-state index in [1.165, 1.54) is 0 Å². The van der Waals surface area contributed by atoms with Crippen molar-refractivity contribution in [2.45, 2.75) is 72.5 Å². The van der Waals surface area contributed by atoms with Gasteiger partial charge in [0, 0.05) is 17.9 Å². The molecule has 0 bridgehead atoms. The number of hydrogen-bond donors (Lipinski definition) is 0. The van der Waals surface area contributed by atoms with Gasteiger partial charge in [-0.2, -0.15) is 5.10 Å². The molecule has 0 saturated carbocycles. The zero-order chi connectivity index (χ0) is 25.9. The van der Waals surface area contributed by atoms with Gasteiger partial charge < -0.3 is 13.9 Å². The van der Waals surface area contributed by atoms with E-state index in [4.69, 9.17) is 19.0 Å². The molecule has 0 fully saturated rings. The van der Waals surface area contributed by atoms with Crippen molar-refractivity contribution in [3.05, 3.63) is 59.8 Å². The summed E-state index contributed by atoms with van der Waals surface area (Å²) in [6, 6.07) is 16.0. The van der Waals surface area contributed by atoms with Gasteiger partial charge in [-0.15, -0.1) is 0 Å². The molecule has 0 aliphatic rings. The first-order chi connectivity index (χ1) is 16.4. The predicted molar refractivity (Wildman–Crippen MR) is 143 cm³/mol. The van der Waals surface area contributed by atoms with Crippen LogP contribution in [0.3, 0.4) is 0 Å². The normalized spacial score (nSPS) is 12.8. The van der Waals surface area contributed by atoms with Crippen LogP contribution in [0.4, 0.5) is 0 Å². The van der Waals surface area contributed by atoms with Gasteiger partial charge in [0.2, 0.25) is 0 Å². The molecule has 1 aromatic heterocycles. The number of nitrogens with zero attached hydrogens (tertiary/aromatic N) is 2. The van der Waals surface area contributed by atoms with Gasteiger partial charge in [-0.1, -0.05) is 77.1 Å². The van der Waals surface area contributed by atoms with Crippen LogP contribution >= 0.6 is 0 Å². The largest absolute Gasteiger partial charge is 0.487 e. The maximum absolute atomic E-state index is 13.2. The Labute approximate surface area is 210 Å². The van der Waals surface area contributed by atoms with Gasteiger partial charge in [-0.3, -0.25) is 9.48 Å². The SMILES string of the molecule is COCC(C)(C)C(=O)Cn1nc2c(OCc3ccccc3)cccc2c1CO[Si](C)(C)C(C)(C)C. The summed E-state index contributed by atoms with van der Waals surface area (Å²) in [6.07, 6.45) is 0. The number of aromatic nitrogens is 2. The molecule has 0 saturated heterocycles. The Kier molecular flexibility index (Phi) is 8.24. The van der Waals surface area contributed by atoms with E-state index < -0.39 is 13.7 Å². The summed E-state index contributed by atoms with van der Waals surface area (Å²) in [5.74, 6) is 0.759.